The van der Waals surface area contributed by atoms with Gasteiger partial charge in [0.05, 0.1) is 6.04 Å². The van der Waals surface area contributed by atoms with Crippen molar-refractivity contribution in [3.63, 3.8) is 0 Å². The molecule has 0 bridgehead atoms. The van der Waals surface area contributed by atoms with Crippen molar-refractivity contribution in [2.24, 2.45) is 0 Å². The average Bonchev–Trinajstić information content (AvgIpc) is 3.09. The Balaban J connectivity index is 0.00000169. The second-order valence-electron chi connectivity index (χ2n) is 6.48. The van der Waals surface area contributed by atoms with Crippen LogP contribution in [0.5, 0.6) is 0 Å². The molecular formula is C18H27Cl2N5O. The molecule has 1 unspecified atom stereocenters. The molecule has 1 atom stereocenters. The van der Waals surface area contributed by atoms with Crippen LogP contribution in [0.3, 0.4) is 0 Å². The van der Waals surface area contributed by atoms with E-state index >= 15 is 0 Å². The zero-order valence-corrected chi connectivity index (χ0v) is 16.8. The fourth-order valence-corrected chi connectivity index (χ4v) is 3.24. The number of pyridine rings is 1. The fourth-order valence-electron chi connectivity index (χ4n) is 3.24. The van der Waals surface area contributed by atoms with E-state index in [1.807, 2.05) is 35.6 Å². The average molecular weight is 400 g/mol. The van der Waals surface area contributed by atoms with E-state index in [4.69, 9.17) is 0 Å². The van der Waals surface area contributed by atoms with Crippen LogP contribution in [-0.4, -0.2) is 45.0 Å². The summed E-state index contributed by atoms with van der Waals surface area (Å²) in [6.45, 7) is 7.27. The summed E-state index contributed by atoms with van der Waals surface area (Å²) in [5.41, 5.74) is 1.09. The van der Waals surface area contributed by atoms with E-state index in [2.05, 4.69) is 33.7 Å². The summed E-state index contributed by atoms with van der Waals surface area (Å²) in [5, 5.41) is 3.38. The van der Waals surface area contributed by atoms with Gasteiger partial charge in [0.1, 0.15) is 5.82 Å². The Bertz CT molecular complexity index is 677. The van der Waals surface area contributed by atoms with E-state index in [-0.39, 0.29) is 36.8 Å². The number of nitrogens with one attached hydrogen (secondary N) is 1. The third-order valence-corrected chi connectivity index (χ3v) is 4.46. The molecule has 8 heteroatoms. The lowest BCUT2D eigenvalue weighted by molar-refractivity contribution is -0.134. The quantitative estimate of drug-likeness (QED) is 0.839. The number of imidazole rings is 1. The molecule has 0 radical (unpaired) electrons. The molecule has 26 heavy (non-hydrogen) atoms. The highest BCUT2D eigenvalue weighted by molar-refractivity contribution is 5.85. The van der Waals surface area contributed by atoms with Gasteiger partial charge in [0.2, 0.25) is 5.91 Å². The number of amides is 1. The summed E-state index contributed by atoms with van der Waals surface area (Å²) < 4.78 is 2.09. The van der Waals surface area contributed by atoms with Crippen LogP contribution in [0.4, 0.5) is 0 Å². The molecular weight excluding hydrogens is 373 g/mol. The lowest BCUT2D eigenvalue weighted by Crippen LogP contribution is -2.48. The predicted molar refractivity (Wildman–Crippen MR) is 107 cm³/mol. The second kappa shape index (κ2) is 10.5. The summed E-state index contributed by atoms with van der Waals surface area (Å²) in [7, 11) is 0. The first-order valence-corrected chi connectivity index (χ1v) is 8.58. The molecule has 0 aromatic carbocycles. The predicted octanol–water partition coefficient (Wildman–Crippen LogP) is 2.81. The van der Waals surface area contributed by atoms with Crippen molar-refractivity contribution in [1.29, 1.82) is 0 Å². The van der Waals surface area contributed by atoms with Gasteiger partial charge in [-0.3, -0.25) is 9.78 Å². The smallest absolute Gasteiger partial charge is 0.224 e. The van der Waals surface area contributed by atoms with Crippen molar-refractivity contribution in [2.45, 2.75) is 38.8 Å². The summed E-state index contributed by atoms with van der Waals surface area (Å²) in [4.78, 5) is 23.4. The number of piperazine rings is 1. The van der Waals surface area contributed by atoms with Gasteiger partial charge in [-0.15, -0.1) is 24.8 Å². The highest BCUT2D eigenvalue weighted by Gasteiger charge is 2.27. The van der Waals surface area contributed by atoms with Gasteiger partial charge < -0.3 is 14.8 Å². The van der Waals surface area contributed by atoms with E-state index in [0.29, 0.717) is 18.9 Å². The van der Waals surface area contributed by atoms with Gasteiger partial charge in [-0.25, -0.2) is 4.98 Å². The van der Waals surface area contributed by atoms with Crippen LogP contribution < -0.4 is 5.32 Å². The van der Waals surface area contributed by atoms with Gasteiger partial charge in [-0.1, -0.05) is 19.9 Å². The van der Waals surface area contributed by atoms with Gasteiger partial charge in [0.25, 0.3) is 0 Å². The number of halogens is 2. The molecule has 3 rings (SSSR count). The molecule has 2 aromatic heterocycles. The normalized spacial score (nSPS) is 16.7. The molecule has 0 aliphatic carbocycles. The standard InChI is InChI=1S/C18H25N5O.2ClH/c1-14(2)18-21-8-10-22(18)9-5-17(24)23-11-7-20-13-16(23)15-4-3-6-19-12-15;;/h3-4,6,8,10,12,14,16,20H,5,7,9,11,13H2,1-2H3;2*1H. The molecule has 2 aromatic rings. The maximum absolute atomic E-state index is 12.8. The molecule has 1 N–H and O–H groups in total. The topological polar surface area (TPSA) is 63.1 Å². The van der Waals surface area contributed by atoms with E-state index in [9.17, 15) is 4.79 Å². The zero-order chi connectivity index (χ0) is 16.9. The van der Waals surface area contributed by atoms with E-state index in [1.54, 1.807) is 6.20 Å². The Morgan fingerprint density at radius 2 is 2.15 bits per heavy atom. The number of nitrogens with zero attached hydrogens (tertiary/aromatic N) is 4. The van der Waals surface area contributed by atoms with E-state index < -0.39 is 0 Å². The van der Waals surface area contributed by atoms with Crippen LogP contribution in [0, 0.1) is 0 Å². The number of carbonyl (C=O) groups excluding carboxylic acids is 1. The largest absolute Gasteiger partial charge is 0.334 e. The maximum atomic E-state index is 12.8. The second-order valence-corrected chi connectivity index (χ2v) is 6.48. The van der Waals surface area contributed by atoms with Gasteiger partial charge in [0.15, 0.2) is 0 Å². The van der Waals surface area contributed by atoms with Crippen LogP contribution in [0.25, 0.3) is 0 Å². The molecule has 1 aliphatic rings. The van der Waals surface area contributed by atoms with Crippen molar-refractivity contribution in [3.8, 4) is 0 Å². The lowest BCUT2D eigenvalue weighted by Gasteiger charge is -2.36. The number of hydrogen-bond donors (Lipinski definition) is 1. The summed E-state index contributed by atoms with van der Waals surface area (Å²) >= 11 is 0. The minimum atomic E-state index is 0. The minimum absolute atomic E-state index is 0. The monoisotopic (exact) mass is 399 g/mol. The summed E-state index contributed by atoms with van der Waals surface area (Å²) in [5.74, 6) is 1.58. The van der Waals surface area contributed by atoms with Crippen LogP contribution >= 0.6 is 24.8 Å². The number of aryl methyl sites for hydroxylation is 1. The lowest BCUT2D eigenvalue weighted by atomic mass is 10.0. The third kappa shape index (κ3) is 5.19. The highest BCUT2D eigenvalue weighted by Crippen LogP contribution is 2.22. The molecule has 1 saturated heterocycles. The molecule has 6 nitrogen and oxygen atoms in total. The molecule has 1 fully saturated rings. The molecule has 0 spiro atoms. The summed E-state index contributed by atoms with van der Waals surface area (Å²) in [6.07, 6.45) is 7.87. The number of carbonyl (C=O) groups is 1. The van der Waals surface area contributed by atoms with Gasteiger partial charge in [-0.2, -0.15) is 0 Å². The fraction of sp³-hybridized carbons (Fsp3) is 0.500. The van der Waals surface area contributed by atoms with Crippen molar-refractivity contribution in [3.05, 3.63) is 48.3 Å². The van der Waals surface area contributed by atoms with Crippen molar-refractivity contribution in [2.75, 3.05) is 19.6 Å². The first-order chi connectivity index (χ1) is 11.7. The molecule has 1 aliphatic heterocycles. The Hall–Kier alpha value is -1.63. The van der Waals surface area contributed by atoms with Crippen LogP contribution in [0.2, 0.25) is 0 Å². The van der Waals surface area contributed by atoms with Crippen LogP contribution in [0.1, 0.15) is 43.6 Å². The molecule has 3 heterocycles. The molecule has 1 amide bonds. The van der Waals surface area contributed by atoms with Crippen LogP contribution in [0.15, 0.2) is 36.9 Å². The Labute approximate surface area is 167 Å². The van der Waals surface area contributed by atoms with E-state index in [1.165, 1.54) is 0 Å². The molecule has 144 valence electrons. The number of rotatable bonds is 5. The van der Waals surface area contributed by atoms with Crippen molar-refractivity contribution < 1.29 is 4.79 Å². The number of aromatic nitrogens is 3. The Morgan fingerprint density at radius 1 is 1.35 bits per heavy atom. The van der Waals surface area contributed by atoms with Gasteiger partial charge >= 0.3 is 0 Å². The van der Waals surface area contributed by atoms with Gasteiger partial charge in [-0.05, 0) is 11.6 Å². The minimum Gasteiger partial charge on any atom is -0.334 e. The van der Waals surface area contributed by atoms with Crippen molar-refractivity contribution >= 4 is 30.7 Å². The van der Waals surface area contributed by atoms with Crippen LogP contribution in [-0.2, 0) is 11.3 Å². The van der Waals surface area contributed by atoms with Gasteiger partial charge in [0, 0.05) is 63.3 Å². The van der Waals surface area contributed by atoms with E-state index in [0.717, 1.165) is 31.0 Å². The Kier molecular flexibility index (Phi) is 9.05. The highest BCUT2D eigenvalue weighted by atomic mass is 35.5. The SMILES string of the molecule is CC(C)c1nccn1CCC(=O)N1CCNCC1c1cccnc1.Cl.Cl. The first kappa shape index (κ1) is 22.4. The zero-order valence-electron chi connectivity index (χ0n) is 15.2. The summed E-state index contributed by atoms with van der Waals surface area (Å²) in [6, 6.07) is 4.03. The first-order valence-electron chi connectivity index (χ1n) is 8.58. The van der Waals surface area contributed by atoms with Crippen molar-refractivity contribution in [1.82, 2.24) is 24.8 Å². The molecule has 0 saturated carbocycles. The Morgan fingerprint density at radius 3 is 2.85 bits per heavy atom. The number of hydrogen-bond acceptors (Lipinski definition) is 4. The third-order valence-electron chi connectivity index (χ3n) is 4.46. The maximum Gasteiger partial charge on any atom is 0.224 e.